The topological polar surface area (TPSA) is 94.8 Å². The van der Waals surface area contributed by atoms with E-state index in [1.165, 1.54) is 34.7 Å². The standard InChI is InChI=1S/C20H17FN6O2S2/c1-13(29-16-10-6-5-9-15(16)21)18-24-26-20(27(18)14-7-3-2-4-8-14)30-11-17(28)23-19-25-22-12-31-19/h2-10,12-13H,11H2,1H3,(H,23,25,28). The average molecular weight is 457 g/mol. The van der Waals surface area contributed by atoms with Crippen LogP contribution in [0.4, 0.5) is 9.52 Å². The third-order valence-electron chi connectivity index (χ3n) is 4.12. The molecule has 31 heavy (non-hydrogen) atoms. The highest BCUT2D eigenvalue weighted by molar-refractivity contribution is 7.99. The molecule has 2 aromatic heterocycles. The number of para-hydroxylation sites is 2. The Hall–Kier alpha value is -3.31. The van der Waals surface area contributed by atoms with Crippen LogP contribution >= 0.6 is 23.1 Å². The second-order valence-electron chi connectivity index (χ2n) is 6.28. The van der Waals surface area contributed by atoms with Gasteiger partial charge in [0.1, 0.15) is 5.51 Å². The highest BCUT2D eigenvalue weighted by atomic mass is 32.2. The predicted octanol–water partition coefficient (Wildman–Crippen LogP) is 4.13. The van der Waals surface area contributed by atoms with E-state index in [4.69, 9.17) is 4.74 Å². The molecule has 0 aliphatic heterocycles. The van der Waals surface area contributed by atoms with E-state index in [9.17, 15) is 9.18 Å². The van der Waals surface area contributed by atoms with Gasteiger partial charge >= 0.3 is 0 Å². The van der Waals surface area contributed by atoms with E-state index in [-0.39, 0.29) is 17.4 Å². The Morgan fingerprint density at radius 2 is 1.94 bits per heavy atom. The number of ether oxygens (including phenoxy) is 1. The minimum Gasteiger partial charge on any atom is -0.480 e. The molecule has 0 saturated heterocycles. The number of rotatable bonds is 8. The van der Waals surface area contributed by atoms with Crippen molar-refractivity contribution in [2.45, 2.75) is 18.2 Å². The van der Waals surface area contributed by atoms with E-state index < -0.39 is 11.9 Å². The lowest BCUT2D eigenvalue weighted by Crippen LogP contribution is -2.15. The summed E-state index contributed by atoms with van der Waals surface area (Å²) in [6, 6.07) is 15.7. The van der Waals surface area contributed by atoms with Crippen molar-refractivity contribution in [2.75, 3.05) is 11.1 Å². The van der Waals surface area contributed by atoms with Crippen molar-refractivity contribution in [3.63, 3.8) is 0 Å². The lowest BCUT2D eigenvalue weighted by atomic mass is 10.3. The molecule has 2 heterocycles. The van der Waals surface area contributed by atoms with Crippen molar-refractivity contribution >= 4 is 34.1 Å². The number of aromatic nitrogens is 5. The largest absolute Gasteiger partial charge is 0.480 e. The summed E-state index contributed by atoms with van der Waals surface area (Å²) >= 11 is 2.46. The molecular weight excluding hydrogens is 439 g/mol. The number of halogens is 1. The molecule has 0 aliphatic rings. The van der Waals surface area contributed by atoms with Gasteiger partial charge in [0.25, 0.3) is 0 Å². The van der Waals surface area contributed by atoms with Crippen molar-refractivity contribution in [1.82, 2.24) is 25.0 Å². The van der Waals surface area contributed by atoms with E-state index in [0.717, 1.165) is 5.69 Å². The molecule has 0 bridgehead atoms. The lowest BCUT2D eigenvalue weighted by Gasteiger charge is -2.17. The lowest BCUT2D eigenvalue weighted by molar-refractivity contribution is -0.113. The van der Waals surface area contributed by atoms with Gasteiger partial charge in [-0.2, -0.15) is 0 Å². The first-order valence-corrected chi connectivity index (χ1v) is 11.1. The van der Waals surface area contributed by atoms with E-state index in [1.54, 1.807) is 29.7 Å². The van der Waals surface area contributed by atoms with Gasteiger partial charge in [-0.05, 0) is 31.2 Å². The summed E-state index contributed by atoms with van der Waals surface area (Å²) in [5.41, 5.74) is 2.34. The normalized spacial score (nSPS) is 11.8. The summed E-state index contributed by atoms with van der Waals surface area (Å²) in [7, 11) is 0. The van der Waals surface area contributed by atoms with E-state index >= 15 is 0 Å². The van der Waals surface area contributed by atoms with Gasteiger partial charge in [0, 0.05) is 5.69 Å². The average Bonchev–Trinajstić information content (AvgIpc) is 3.44. The minimum absolute atomic E-state index is 0.104. The Morgan fingerprint density at radius 3 is 2.68 bits per heavy atom. The first-order chi connectivity index (χ1) is 15.1. The van der Waals surface area contributed by atoms with E-state index in [2.05, 4.69) is 25.7 Å². The summed E-state index contributed by atoms with van der Waals surface area (Å²) in [5.74, 6) is 0.0296. The Labute approximate surface area is 185 Å². The molecule has 1 N–H and O–H groups in total. The highest BCUT2D eigenvalue weighted by Crippen LogP contribution is 2.28. The van der Waals surface area contributed by atoms with Crippen LogP contribution in [0.3, 0.4) is 0 Å². The van der Waals surface area contributed by atoms with Crippen LogP contribution in [-0.2, 0) is 4.79 Å². The third kappa shape index (κ3) is 5.06. The van der Waals surface area contributed by atoms with Crippen LogP contribution < -0.4 is 10.1 Å². The molecule has 1 unspecified atom stereocenters. The Morgan fingerprint density at radius 1 is 1.16 bits per heavy atom. The van der Waals surface area contributed by atoms with Crippen molar-refractivity contribution < 1.29 is 13.9 Å². The van der Waals surface area contributed by atoms with Crippen molar-refractivity contribution in [3.05, 3.63) is 71.7 Å². The van der Waals surface area contributed by atoms with Crippen LogP contribution in [0, 0.1) is 5.82 Å². The van der Waals surface area contributed by atoms with Gasteiger partial charge in [-0.1, -0.05) is 53.4 Å². The first kappa shape index (κ1) is 20.9. The highest BCUT2D eigenvalue weighted by Gasteiger charge is 2.22. The fourth-order valence-corrected chi connectivity index (χ4v) is 3.97. The second-order valence-corrected chi connectivity index (χ2v) is 8.06. The molecule has 11 heteroatoms. The number of carbonyl (C=O) groups excluding carboxylic acids is 1. The second kappa shape index (κ2) is 9.67. The zero-order chi connectivity index (χ0) is 21.6. The van der Waals surface area contributed by atoms with Crippen LogP contribution in [0.15, 0.2) is 65.3 Å². The number of anilines is 1. The smallest absolute Gasteiger partial charge is 0.236 e. The number of amides is 1. The summed E-state index contributed by atoms with van der Waals surface area (Å²) < 4.78 is 21.6. The summed E-state index contributed by atoms with van der Waals surface area (Å²) in [4.78, 5) is 12.2. The van der Waals surface area contributed by atoms with Gasteiger partial charge in [-0.25, -0.2) is 4.39 Å². The number of hydrogen-bond acceptors (Lipinski definition) is 8. The Kier molecular flexibility index (Phi) is 6.53. The number of carbonyl (C=O) groups is 1. The SMILES string of the molecule is CC(Oc1ccccc1F)c1nnc(SCC(=O)Nc2nncs2)n1-c1ccccc1. The Bertz CT molecular complexity index is 1150. The zero-order valence-corrected chi connectivity index (χ0v) is 17.9. The molecule has 1 atom stereocenters. The van der Waals surface area contributed by atoms with Gasteiger partial charge in [0.05, 0.1) is 5.75 Å². The van der Waals surface area contributed by atoms with Crippen LogP contribution in [0.5, 0.6) is 5.75 Å². The predicted molar refractivity (Wildman–Crippen MR) is 116 cm³/mol. The van der Waals surface area contributed by atoms with Crippen molar-refractivity contribution in [1.29, 1.82) is 0 Å². The maximum Gasteiger partial charge on any atom is 0.236 e. The molecule has 0 saturated carbocycles. The molecule has 1 amide bonds. The van der Waals surface area contributed by atoms with Crippen LogP contribution in [0.1, 0.15) is 18.9 Å². The monoisotopic (exact) mass is 456 g/mol. The Balaban J connectivity index is 1.57. The number of nitrogens with one attached hydrogen (secondary N) is 1. The summed E-state index contributed by atoms with van der Waals surface area (Å²) in [6.45, 7) is 1.77. The third-order valence-corrected chi connectivity index (χ3v) is 5.65. The number of nitrogens with zero attached hydrogens (tertiary/aromatic N) is 5. The van der Waals surface area contributed by atoms with Crippen molar-refractivity contribution in [2.24, 2.45) is 0 Å². The first-order valence-electron chi connectivity index (χ1n) is 9.22. The number of benzene rings is 2. The fraction of sp³-hybridized carbons (Fsp3) is 0.150. The fourth-order valence-electron chi connectivity index (χ4n) is 2.75. The molecule has 4 aromatic rings. The minimum atomic E-state index is -0.589. The summed E-state index contributed by atoms with van der Waals surface area (Å²) in [5, 5.41) is 19.6. The molecule has 0 fully saturated rings. The van der Waals surface area contributed by atoms with E-state index in [1.807, 2.05) is 30.3 Å². The molecule has 8 nitrogen and oxygen atoms in total. The number of hydrogen-bond donors (Lipinski definition) is 1. The van der Waals surface area contributed by atoms with Gasteiger partial charge < -0.3 is 4.74 Å². The van der Waals surface area contributed by atoms with Crippen LogP contribution in [0.2, 0.25) is 0 Å². The molecular formula is C20H17FN6O2S2. The van der Waals surface area contributed by atoms with Crippen molar-refractivity contribution in [3.8, 4) is 11.4 Å². The molecule has 0 aliphatic carbocycles. The molecule has 0 spiro atoms. The van der Waals surface area contributed by atoms with Gasteiger partial charge in [0.15, 0.2) is 28.7 Å². The number of thioether (sulfide) groups is 1. The van der Waals surface area contributed by atoms with E-state index in [0.29, 0.717) is 16.1 Å². The quantitative estimate of drug-likeness (QED) is 0.398. The molecule has 2 aromatic carbocycles. The maximum atomic E-state index is 14.0. The van der Waals surface area contributed by atoms with Crippen LogP contribution in [-0.4, -0.2) is 36.6 Å². The van der Waals surface area contributed by atoms with Gasteiger partial charge in [-0.15, -0.1) is 20.4 Å². The molecule has 4 rings (SSSR count). The molecule has 158 valence electrons. The zero-order valence-electron chi connectivity index (χ0n) is 16.3. The molecule has 0 radical (unpaired) electrons. The maximum absolute atomic E-state index is 14.0. The van der Waals surface area contributed by atoms with Crippen LogP contribution in [0.25, 0.3) is 5.69 Å². The van der Waals surface area contributed by atoms with Gasteiger partial charge in [-0.3, -0.25) is 14.7 Å². The summed E-state index contributed by atoms with van der Waals surface area (Å²) in [6.07, 6.45) is -0.589. The van der Waals surface area contributed by atoms with Gasteiger partial charge in [0.2, 0.25) is 11.0 Å².